The first-order valence-corrected chi connectivity index (χ1v) is 6.41. The minimum absolute atomic E-state index is 0.0233. The number of aromatic hydroxyl groups is 1. The molecule has 0 spiro atoms. The molecule has 0 radical (unpaired) electrons. The minimum Gasteiger partial charge on any atom is -0.508 e. The third-order valence-corrected chi connectivity index (χ3v) is 3.17. The van der Waals surface area contributed by atoms with Crippen molar-refractivity contribution in [1.29, 1.82) is 0 Å². The smallest absolute Gasteiger partial charge is 0.123 e. The fourth-order valence-electron chi connectivity index (χ4n) is 1.96. The highest BCUT2D eigenvalue weighted by molar-refractivity contribution is 5.52. The van der Waals surface area contributed by atoms with Crippen LogP contribution in [0.3, 0.4) is 0 Å². The zero-order valence-corrected chi connectivity index (χ0v) is 11.5. The van der Waals surface area contributed by atoms with Crippen LogP contribution in [0.5, 0.6) is 11.5 Å². The van der Waals surface area contributed by atoms with Crippen LogP contribution in [-0.2, 0) is 0 Å². The van der Waals surface area contributed by atoms with E-state index in [1.54, 1.807) is 31.4 Å². The van der Waals surface area contributed by atoms with Gasteiger partial charge in [-0.05, 0) is 35.9 Å². The Balaban J connectivity index is 2.19. The van der Waals surface area contributed by atoms with E-state index >= 15 is 0 Å². The van der Waals surface area contributed by atoms with Gasteiger partial charge >= 0.3 is 0 Å². The predicted octanol–water partition coefficient (Wildman–Crippen LogP) is 4.36. The first kappa shape index (κ1) is 14.1. The normalized spacial score (nSPS) is 12.6. The lowest BCUT2D eigenvalue weighted by Gasteiger charge is -2.11. The van der Waals surface area contributed by atoms with Gasteiger partial charge in [0.05, 0.1) is 7.11 Å². The van der Waals surface area contributed by atoms with Crippen molar-refractivity contribution in [3.8, 4) is 11.5 Å². The Kier molecular flexibility index (Phi) is 4.41. The second-order valence-electron chi connectivity index (χ2n) is 4.62. The van der Waals surface area contributed by atoms with Crippen molar-refractivity contribution >= 4 is 6.08 Å². The van der Waals surface area contributed by atoms with Gasteiger partial charge in [0.25, 0.3) is 0 Å². The van der Waals surface area contributed by atoms with Gasteiger partial charge in [0.15, 0.2) is 0 Å². The standard InChI is InChI=1S/C17H17FO2/c1-12(3-4-13-5-7-14(18)8-6-13)16-11-15(20-2)9-10-17(16)19/h3-12,19H,1-2H3/b4-3-. The Hall–Kier alpha value is -2.29. The van der Waals surface area contributed by atoms with Crippen molar-refractivity contribution < 1.29 is 14.2 Å². The summed E-state index contributed by atoms with van der Waals surface area (Å²) in [6.45, 7) is 1.98. The fraction of sp³-hybridized carbons (Fsp3) is 0.176. The van der Waals surface area contributed by atoms with Crippen LogP contribution in [0.25, 0.3) is 6.08 Å². The molecular weight excluding hydrogens is 255 g/mol. The number of ether oxygens (including phenoxy) is 1. The molecule has 0 heterocycles. The second kappa shape index (κ2) is 6.24. The Morgan fingerprint density at radius 2 is 1.85 bits per heavy atom. The molecule has 0 aliphatic rings. The third-order valence-electron chi connectivity index (χ3n) is 3.17. The molecule has 2 nitrogen and oxygen atoms in total. The molecule has 0 fully saturated rings. The van der Waals surface area contributed by atoms with E-state index in [-0.39, 0.29) is 17.5 Å². The van der Waals surface area contributed by atoms with Crippen LogP contribution in [0, 0.1) is 5.82 Å². The Morgan fingerprint density at radius 1 is 1.15 bits per heavy atom. The van der Waals surface area contributed by atoms with E-state index in [1.807, 2.05) is 25.1 Å². The van der Waals surface area contributed by atoms with Crippen LogP contribution in [0.15, 0.2) is 48.5 Å². The van der Waals surface area contributed by atoms with Crippen LogP contribution in [0.1, 0.15) is 24.0 Å². The van der Waals surface area contributed by atoms with Crippen molar-refractivity contribution in [2.45, 2.75) is 12.8 Å². The summed E-state index contributed by atoms with van der Waals surface area (Å²) in [6, 6.07) is 11.4. The van der Waals surface area contributed by atoms with Crippen molar-refractivity contribution in [2.24, 2.45) is 0 Å². The summed E-state index contributed by atoms with van der Waals surface area (Å²) in [6.07, 6.45) is 3.87. The molecule has 0 bridgehead atoms. The van der Waals surface area contributed by atoms with Gasteiger partial charge in [-0.2, -0.15) is 0 Å². The van der Waals surface area contributed by atoms with Crippen LogP contribution in [0.4, 0.5) is 4.39 Å². The van der Waals surface area contributed by atoms with Gasteiger partial charge < -0.3 is 9.84 Å². The van der Waals surface area contributed by atoms with E-state index in [0.717, 1.165) is 11.1 Å². The minimum atomic E-state index is -0.249. The van der Waals surface area contributed by atoms with Gasteiger partial charge in [-0.25, -0.2) is 4.39 Å². The molecule has 104 valence electrons. The molecule has 0 aliphatic heterocycles. The van der Waals surface area contributed by atoms with Crippen LogP contribution < -0.4 is 4.74 Å². The highest BCUT2D eigenvalue weighted by Gasteiger charge is 2.08. The summed E-state index contributed by atoms with van der Waals surface area (Å²) in [7, 11) is 1.59. The second-order valence-corrected chi connectivity index (χ2v) is 4.62. The molecule has 3 heteroatoms. The van der Waals surface area contributed by atoms with Gasteiger partial charge in [-0.3, -0.25) is 0 Å². The number of methoxy groups -OCH3 is 1. The van der Waals surface area contributed by atoms with Gasteiger partial charge in [0, 0.05) is 11.5 Å². The maximum atomic E-state index is 12.8. The lowest BCUT2D eigenvalue weighted by atomic mass is 9.98. The Bertz CT molecular complexity index is 603. The summed E-state index contributed by atoms with van der Waals surface area (Å²) in [5.41, 5.74) is 1.71. The van der Waals surface area contributed by atoms with Crippen molar-refractivity contribution in [2.75, 3.05) is 7.11 Å². The van der Waals surface area contributed by atoms with Gasteiger partial charge in [-0.15, -0.1) is 0 Å². The largest absolute Gasteiger partial charge is 0.508 e. The lowest BCUT2D eigenvalue weighted by Crippen LogP contribution is -1.92. The summed E-state index contributed by atoms with van der Waals surface area (Å²) in [4.78, 5) is 0. The van der Waals surface area contributed by atoms with E-state index in [2.05, 4.69) is 0 Å². The van der Waals surface area contributed by atoms with Crippen molar-refractivity contribution in [3.05, 3.63) is 65.5 Å². The highest BCUT2D eigenvalue weighted by Crippen LogP contribution is 2.30. The van der Waals surface area contributed by atoms with Gasteiger partial charge in [0.2, 0.25) is 0 Å². The molecular formula is C17H17FO2. The van der Waals surface area contributed by atoms with E-state index in [9.17, 15) is 9.50 Å². The molecule has 0 saturated carbocycles. The van der Waals surface area contributed by atoms with E-state index in [4.69, 9.17) is 4.74 Å². The Morgan fingerprint density at radius 3 is 2.50 bits per heavy atom. The third kappa shape index (κ3) is 3.38. The topological polar surface area (TPSA) is 29.5 Å². The predicted molar refractivity (Wildman–Crippen MR) is 78.5 cm³/mol. The average molecular weight is 272 g/mol. The van der Waals surface area contributed by atoms with Gasteiger partial charge in [-0.1, -0.05) is 31.2 Å². The van der Waals surface area contributed by atoms with Crippen molar-refractivity contribution in [3.63, 3.8) is 0 Å². The summed E-state index contributed by atoms with van der Waals surface area (Å²) in [5.74, 6) is 0.720. The van der Waals surface area contributed by atoms with Crippen LogP contribution in [-0.4, -0.2) is 12.2 Å². The van der Waals surface area contributed by atoms with Crippen molar-refractivity contribution in [1.82, 2.24) is 0 Å². The van der Waals surface area contributed by atoms with E-state index < -0.39 is 0 Å². The number of phenolic OH excluding ortho intramolecular Hbond substituents is 1. The number of hydrogen-bond acceptors (Lipinski definition) is 2. The number of halogens is 1. The molecule has 0 saturated heterocycles. The zero-order valence-electron chi connectivity index (χ0n) is 11.5. The zero-order chi connectivity index (χ0) is 14.5. The highest BCUT2D eigenvalue weighted by atomic mass is 19.1. The maximum absolute atomic E-state index is 12.8. The number of phenols is 1. The molecule has 2 rings (SSSR count). The summed E-state index contributed by atoms with van der Waals surface area (Å²) < 4.78 is 18.0. The molecule has 0 aromatic heterocycles. The van der Waals surface area contributed by atoms with E-state index in [1.165, 1.54) is 12.1 Å². The maximum Gasteiger partial charge on any atom is 0.123 e. The molecule has 2 aromatic rings. The number of allylic oxidation sites excluding steroid dienone is 1. The fourth-order valence-corrected chi connectivity index (χ4v) is 1.96. The van der Waals surface area contributed by atoms with Crippen LogP contribution in [0.2, 0.25) is 0 Å². The number of hydrogen-bond donors (Lipinski definition) is 1. The summed E-state index contributed by atoms with van der Waals surface area (Å²) in [5, 5.41) is 9.90. The van der Waals surface area contributed by atoms with Gasteiger partial charge in [0.1, 0.15) is 17.3 Å². The lowest BCUT2D eigenvalue weighted by molar-refractivity contribution is 0.410. The quantitative estimate of drug-likeness (QED) is 0.896. The first-order chi connectivity index (χ1) is 9.60. The molecule has 1 unspecified atom stereocenters. The number of rotatable bonds is 4. The summed E-state index contributed by atoms with van der Waals surface area (Å²) >= 11 is 0. The Labute approximate surface area is 118 Å². The molecule has 0 amide bonds. The molecule has 1 atom stereocenters. The average Bonchev–Trinajstić information content (AvgIpc) is 2.47. The monoisotopic (exact) mass is 272 g/mol. The molecule has 0 aliphatic carbocycles. The molecule has 20 heavy (non-hydrogen) atoms. The van der Waals surface area contributed by atoms with Crippen LogP contribution >= 0.6 is 0 Å². The first-order valence-electron chi connectivity index (χ1n) is 6.41. The molecule has 2 aromatic carbocycles. The number of benzene rings is 2. The SMILES string of the molecule is COc1ccc(O)c(C(C)/C=C\c2ccc(F)cc2)c1. The molecule has 1 N–H and O–H groups in total. The van der Waals surface area contributed by atoms with E-state index in [0.29, 0.717) is 5.75 Å².